The normalized spacial score (nSPS) is 26.6. The molecule has 17 unspecified atom stereocenters. The molecule has 17 atom stereocenters. The molecule has 3 heterocycles. The van der Waals surface area contributed by atoms with Gasteiger partial charge in [0.2, 0.25) is 5.91 Å². The molecule has 3 rings (SSSR count). The fourth-order valence-electron chi connectivity index (χ4n) is 12.7. The standard InChI is InChI=1S/C85H143NO18/c1-3-5-7-9-11-13-15-17-19-21-23-25-27-29-30-31-32-33-34-35-36-37-38-39-41-43-45-47-49-51-53-55-57-59-61-63-73(91)86-68(69(90)62-60-58-56-54-52-50-48-46-44-42-40-28-26-24-22-20-18-16-14-12-10-8-6-4-2)67-99-83-79(97)76(94)81(71(65-88)101-83)104-85-80(98)77(95)82(72(66-89)102-85)103-84-78(96)75(93)74(92)70(64-87)100-84/h5,7,11,13,17,19,23,25,29-30,32-33,35-36,38-39,43,45,49,51,60,62,68-72,74-85,87-90,92-98H,3-4,6,8-10,12,14-16,18,20-22,24,26-28,31,34,37,40-42,44,46-48,50,52-59,61,63-67H2,1-2H3,(H,86,91)/b7-5-,13-11-,19-17-,25-23-,30-29-,33-32-,36-35-,39-38-,45-43-,51-49-,62-60+. The number of aliphatic hydroxyl groups excluding tert-OH is 11. The number of carbonyl (C=O) groups excluding carboxylic acids is 1. The van der Waals surface area contributed by atoms with Crippen LogP contribution in [0.2, 0.25) is 0 Å². The average molecular weight is 1470 g/mol. The molecule has 0 saturated carbocycles. The van der Waals surface area contributed by atoms with Gasteiger partial charge in [0, 0.05) is 6.42 Å². The van der Waals surface area contributed by atoms with Gasteiger partial charge in [-0.2, -0.15) is 0 Å². The zero-order valence-electron chi connectivity index (χ0n) is 63.7. The number of amides is 1. The lowest BCUT2D eigenvalue weighted by molar-refractivity contribution is -0.379. The first-order valence-electron chi connectivity index (χ1n) is 40.4. The van der Waals surface area contributed by atoms with Crippen molar-refractivity contribution in [2.24, 2.45) is 0 Å². The van der Waals surface area contributed by atoms with E-state index >= 15 is 0 Å². The third-order valence-corrected chi connectivity index (χ3v) is 19.2. The van der Waals surface area contributed by atoms with Crippen LogP contribution in [0.5, 0.6) is 0 Å². The van der Waals surface area contributed by atoms with E-state index in [1.54, 1.807) is 6.08 Å². The molecular weight excluding hydrogens is 1320 g/mol. The Kier molecular flexibility index (Phi) is 57.8. The minimum atomic E-state index is -1.99. The quantitative estimate of drug-likeness (QED) is 0.0199. The number of hydrogen-bond acceptors (Lipinski definition) is 18. The number of ether oxygens (including phenoxy) is 6. The van der Waals surface area contributed by atoms with E-state index < -0.39 is 124 Å². The lowest BCUT2D eigenvalue weighted by Crippen LogP contribution is -2.66. The van der Waals surface area contributed by atoms with Gasteiger partial charge in [-0.25, -0.2) is 0 Å². The number of aliphatic hydroxyl groups is 11. The molecule has 12 N–H and O–H groups in total. The fourth-order valence-corrected chi connectivity index (χ4v) is 12.7. The topological polar surface area (TPSA) is 307 Å². The van der Waals surface area contributed by atoms with E-state index in [4.69, 9.17) is 28.4 Å². The highest BCUT2D eigenvalue weighted by molar-refractivity contribution is 5.76. The Hall–Kier alpha value is -4.07. The monoisotopic (exact) mass is 1470 g/mol. The van der Waals surface area contributed by atoms with Crippen LogP contribution in [-0.4, -0.2) is 193 Å². The Morgan fingerprint density at radius 3 is 1.04 bits per heavy atom. The fraction of sp³-hybridized carbons (Fsp3) is 0.729. The van der Waals surface area contributed by atoms with E-state index in [0.29, 0.717) is 6.42 Å². The van der Waals surface area contributed by atoms with Gasteiger partial charge in [-0.1, -0.05) is 295 Å². The van der Waals surface area contributed by atoms with Crippen LogP contribution in [0, 0.1) is 0 Å². The molecule has 0 aromatic carbocycles. The number of hydrogen-bond donors (Lipinski definition) is 12. The Labute approximate surface area is 626 Å². The lowest BCUT2D eigenvalue weighted by Gasteiger charge is -2.48. The Balaban J connectivity index is 1.40. The van der Waals surface area contributed by atoms with Gasteiger partial charge < -0.3 is 89.9 Å². The van der Waals surface area contributed by atoms with Crippen LogP contribution in [0.3, 0.4) is 0 Å². The second kappa shape index (κ2) is 63.8. The second-order valence-electron chi connectivity index (χ2n) is 28.1. The van der Waals surface area contributed by atoms with Crippen molar-refractivity contribution in [3.05, 3.63) is 134 Å². The maximum Gasteiger partial charge on any atom is 0.220 e. The molecule has 3 aliphatic heterocycles. The minimum absolute atomic E-state index is 0.205. The van der Waals surface area contributed by atoms with Crippen LogP contribution in [0.1, 0.15) is 264 Å². The summed E-state index contributed by atoms with van der Waals surface area (Å²) in [5, 5.41) is 121. The lowest BCUT2D eigenvalue weighted by atomic mass is 9.96. The van der Waals surface area contributed by atoms with Crippen molar-refractivity contribution in [3.8, 4) is 0 Å². The van der Waals surface area contributed by atoms with Crippen LogP contribution in [0.4, 0.5) is 0 Å². The summed E-state index contributed by atoms with van der Waals surface area (Å²) in [4.78, 5) is 13.5. The number of carbonyl (C=O) groups is 1. The third-order valence-electron chi connectivity index (χ3n) is 19.2. The zero-order chi connectivity index (χ0) is 75.3. The summed E-state index contributed by atoms with van der Waals surface area (Å²) in [5.74, 6) is -0.303. The van der Waals surface area contributed by atoms with Gasteiger partial charge >= 0.3 is 0 Å². The molecule has 0 radical (unpaired) electrons. The first-order chi connectivity index (χ1) is 50.8. The summed E-state index contributed by atoms with van der Waals surface area (Å²) in [5.41, 5.74) is 0. The predicted molar refractivity (Wildman–Crippen MR) is 415 cm³/mol. The largest absolute Gasteiger partial charge is 0.394 e. The van der Waals surface area contributed by atoms with Crippen molar-refractivity contribution < 1.29 is 89.4 Å². The molecule has 3 fully saturated rings. The number of allylic oxidation sites excluding steroid dienone is 21. The van der Waals surface area contributed by atoms with Crippen LogP contribution < -0.4 is 5.32 Å². The minimum Gasteiger partial charge on any atom is -0.394 e. The molecule has 3 aliphatic rings. The Morgan fingerprint density at radius 1 is 0.356 bits per heavy atom. The smallest absolute Gasteiger partial charge is 0.220 e. The zero-order valence-corrected chi connectivity index (χ0v) is 63.7. The number of rotatable bonds is 62. The highest BCUT2D eigenvalue weighted by atomic mass is 16.8. The van der Waals surface area contributed by atoms with E-state index in [1.807, 2.05) is 6.08 Å². The SMILES string of the molecule is CC/C=C\C/C=C\C/C=C\C/C=C\C/C=C\C/C=C\C/C=C\C/C=C\C/C=C\C/C=C\CCCCCCC(=O)NC(COC1OC(CO)C(OC2OC(CO)C(OC3OC(CO)C(O)C(O)C3O)C(O)C2O)C(O)C1O)C(O)/C=C/CCCCCCCCCCCCCCCCCCCCCCCC. The van der Waals surface area contributed by atoms with E-state index in [-0.39, 0.29) is 18.9 Å². The second-order valence-corrected chi connectivity index (χ2v) is 28.1. The van der Waals surface area contributed by atoms with Gasteiger partial charge in [0.1, 0.15) is 73.2 Å². The van der Waals surface area contributed by atoms with Crippen molar-refractivity contribution in [2.45, 2.75) is 369 Å². The summed E-state index contributed by atoms with van der Waals surface area (Å²) in [7, 11) is 0. The maximum absolute atomic E-state index is 13.5. The molecule has 0 aromatic heterocycles. The highest BCUT2D eigenvalue weighted by Gasteiger charge is 2.54. The molecule has 3 saturated heterocycles. The van der Waals surface area contributed by atoms with Crippen LogP contribution in [0.25, 0.3) is 0 Å². The van der Waals surface area contributed by atoms with Gasteiger partial charge in [-0.05, 0) is 96.3 Å². The molecule has 0 aliphatic carbocycles. The van der Waals surface area contributed by atoms with Gasteiger partial charge in [0.05, 0.1) is 38.6 Å². The van der Waals surface area contributed by atoms with E-state index in [0.717, 1.165) is 116 Å². The van der Waals surface area contributed by atoms with Gasteiger partial charge in [0.15, 0.2) is 18.9 Å². The summed E-state index contributed by atoms with van der Waals surface area (Å²) in [6.07, 6.45) is 64.2. The molecule has 1 amide bonds. The number of unbranched alkanes of at least 4 members (excludes halogenated alkanes) is 26. The highest BCUT2D eigenvalue weighted by Crippen LogP contribution is 2.33. The molecule has 0 bridgehead atoms. The molecule has 0 spiro atoms. The maximum atomic E-state index is 13.5. The van der Waals surface area contributed by atoms with Crippen LogP contribution in [-0.2, 0) is 33.2 Å². The molecule has 104 heavy (non-hydrogen) atoms. The molecular formula is C85H143NO18. The van der Waals surface area contributed by atoms with Crippen molar-refractivity contribution in [3.63, 3.8) is 0 Å². The van der Waals surface area contributed by atoms with Gasteiger partial charge in [-0.3, -0.25) is 4.79 Å². The van der Waals surface area contributed by atoms with E-state index in [2.05, 4.69) is 141 Å². The molecule has 596 valence electrons. The van der Waals surface area contributed by atoms with E-state index in [1.165, 1.54) is 122 Å². The van der Waals surface area contributed by atoms with Crippen LogP contribution in [0.15, 0.2) is 134 Å². The Bertz CT molecular complexity index is 2400. The summed E-state index contributed by atoms with van der Waals surface area (Å²) < 4.78 is 34.4. The summed E-state index contributed by atoms with van der Waals surface area (Å²) in [6, 6.07) is -0.999. The van der Waals surface area contributed by atoms with E-state index in [9.17, 15) is 61.0 Å². The Morgan fingerprint density at radius 2 is 0.663 bits per heavy atom. The van der Waals surface area contributed by atoms with Gasteiger partial charge in [-0.15, -0.1) is 0 Å². The van der Waals surface area contributed by atoms with Crippen LogP contribution >= 0.6 is 0 Å². The molecule has 19 heteroatoms. The first kappa shape index (κ1) is 94.1. The van der Waals surface area contributed by atoms with Gasteiger partial charge in [0.25, 0.3) is 0 Å². The first-order valence-corrected chi connectivity index (χ1v) is 40.4. The number of nitrogens with one attached hydrogen (secondary N) is 1. The van der Waals surface area contributed by atoms with Crippen molar-refractivity contribution in [1.82, 2.24) is 5.32 Å². The molecule has 19 nitrogen and oxygen atoms in total. The summed E-state index contributed by atoms with van der Waals surface area (Å²) >= 11 is 0. The third kappa shape index (κ3) is 43.2. The average Bonchev–Trinajstić information content (AvgIpc) is 0.783. The van der Waals surface area contributed by atoms with Crippen molar-refractivity contribution >= 4 is 5.91 Å². The van der Waals surface area contributed by atoms with Crippen molar-refractivity contribution in [1.29, 1.82) is 0 Å². The summed E-state index contributed by atoms with van der Waals surface area (Å²) in [6.45, 7) is 1.61. The predicted octanol–water partition coefficient (Wildman–Crippen LogP) is 13.7. The molecule has 0 aromatic rings. The van der Waals surface area contributed by atoms with Crippen molar-refractivity contribution in [2.75, 3.05) is 26.4 Å².